The summed E-state index contributed by atoms with van der Waals surface area (Å²) in [4.78, 5) is 0. The number of nitrogens with one attached hydrogen (secondary N) is 1. The molecule has 1 aromatic carbocycles. The van der Waals surface area contributed by atoms with E-state index in [0.717, 1.165) is 12.1 Å². The Bertz CT molecular complexity index is 407. The Kier molecular flexibility index (Phi) is 5.49. The summed E-state index contributed by atoms with van der Waals surface area (Å²) in [5, 5.41) is 3.47. The van der Waals surface area contributed by atoms with Crippen molar-refractivity contribution in [2.24, 2.45) is 0 Å². The fraction of sp³-hybridized carbons (Fsp3) is 0.600. The summed E-state index contributed by atoms with van der Waals surface area (Å²) >= 11 is 0. The summed E-state index contributed by atoms with van der Waals surface area (Å²) in [7, 11) is 3.25. The van der Waals surface area contributed by atoms with E-state index in [0.29, 0.717) is 29.9 Å². The molecule has 1 fully saturated rings. The molecule has 0 spiro atoms. The molecule has 0 aliphatic heterocycles. The van der Waals surface area contributed by atoms with Crippen LogP contribution >= 0.6 is 0 Å². The van der Waals surface area contributed by atoms with Gasteiger partial charge in [-0.25, -0.2) is 0 Å². The van der Waals surface area contributed by atoms with Crippen molar-refractivity contribution in [3.05, 3.63) is 17.7 Å². The van der Waals surface area contributed by atoms with Gasteiger partial charge >= 0.3 is 0 Å². The predicted molar refractivity (Wildman–Crippen MR) is 76.5 cm³/mol. The fourth-order valence-electron chi connectivity index (χ4n) is 1.91. The van der Waals surface area contributed by atoms with Crippen molar-refractivity contribution >= 4 is 0 Å². The van der Waals surface area contributed by atoms with E-state index in [2.05, 4.69) is 5.32 Å². The molecule has 20 heavy (non-hydrogen) atoms. The third-order valence-corrected chi connectivity index (χ3v) is 3.18. The second-order valence-electron chi connectivity index (χ2n) is 4.74. The predicted octanol–water partition coefficient (Wildman–Crippen LogP) is 2.33. The maximum absolute atomic E-state index is 5.59. The Morgan fingerprint density at radius 2 is 1.80 bits per heavy atom. The van der Waals surface area contributed by atoms with E-state index in [-0.39, 0.29) is 6.79 Å². The molecule has 0 unspecified atom stereocenters. The lowest BCUT2D eigenvalue weighted by Crippen LogP contribution is -2.15. The van der Waals surface area contributed by atoms with Gasteiger partial charge in [0.1, 0.15) is 0 Å². The van der Waals surface area contributed by atoms with Gasteiger partial charge in [0.2, 0.25) is 5.75 Å². The molecule has 5 heteroatoms. The number of hydrogen-bond donors (Lipinski definition) is 1. The van der Waals surface area contributed by atoms with Crippen molar-refractivity contribution in [2.75, 3.05) is 27.6 Å². The van der Waals surface area contributed by atoms with Crippen molar-refractivity contribution in [1.29, 1.82) is 0 Å². The number of hydrogen-bond acceptors (Lipinski definition) is 5. The smallest absolute Gasteiger partial charge is 0.206 e. The molecule has 112 valence electrons. The largest absolute Gasteiger partial charge is 0.493 e. The minimum Gasteiger partial charge on any atom is -0.493 e. The Morgan fingerprint density at radius 1 is 1.15 bits per heavy atom. The first-order chi connectivity index (χ1) is 9.78. The summed E-state index contributed by atoms with van der Waals surface area (Å²) in [6.07, 6.45) is 2.54. The van der Waals surface area contributed by atoms with Crippen LogP contribution in [-0.2, 0) is 11.3 Å². The van der Waals surface area contributed by atoms with E-state index in [9.17, 15) is 0 Å². The van der Waals surface area contributed by atoms with E-state index in [4.69, 9.17) is 18.9 Å². The SMILES string of the molecule is CCOCOc1c(OC)cc(CNC2CC2)cc1OC. The normalized spacial score (nSPS) is 14.2. The molecule has 0 heterocycles. The zero-order valence-electron chi connectivity index (χ0n) is 12.4. The summed E-state index contributed by atoms with van der Waals surface area (Å²) in [6.45, 7) is 3.52. The Labute approximate surface area is 120 Å². The van der Waals surface area contributed by atoms with Crippen LogP contribution in [-0.4, -0.2) is 33.7 Å². The Morgan fingerprint density at radius 3 is 2.30 bits per heavy atom. The highest BCUT2D eigenvalue weighted by atomic mass is 16.7. The highest BCUT2D eigenvalue weighted by molar-refractivity contribution is 5.53. The van der Waals surface area contributed by atoms with Crippen LogP contribution in [0.4, 0.5) is 0 Å². The Balaban J connectivity index is 2.11. The van der Waals surface area contributed by atoms with E-state index < -0.39 is 0 Å². The molecule has 5 nitrogen and oxygen atoms in total. The topological polar surface area (TPSA) is 49.0 Å². The van der Waals surface area contributed by atoms with Crippen molar-refractivity contribution in [1.82, 2.24) is 5.32 Å². The molecular formula is C15H23NO4. The van der Waals surface area contributed by atoms with Gasteiger partial charge in [0.05, 0.1) is 14.2 Å². The molecule has 0 radical (unpaired) electrons. The van der Waals surface area contributed by atoms with Crippen LogP contribution in [0.2, 0.25) is 0 Å². The zero-order valence-corrected chi connectivity index (χ0v) is 12.4. The molecule has 0 bridgehead atoms. The molecule has 1 aromatic rings. The van der Waals surface area contributed by atoms with Gasteiger partial charge < -0.3 is 24.3 Å². The van der Waals surface area contributed by atoms with E-state index >= 15 is 0 Å². The molecule has 1 saturated carbocycles. The van der Waals surface area contributed by atoms with Crippen LogP contribution in [0.3, 0.4) is 0 Å². The maximum Gasteiger partial charge on any atom is 0.206 e. The average Bonchev–Trinajstić information content (AvgIpc) is 3.29. The monoisotopic (exact) mass is 281 g/mol. The van der Waals surface area contributed by atoms with Gasteiger partial charge in [-0.1, -0.05) is 0 Å². The minimum atomic E-state index is 0.183. The molecule has 0 aromatic heterocycles. The van der Waals surface area contributed by atoms with Crippen molar-refractivity contribution in [3.8, 4) is 17.2 Å². The van der Waals surface area contributed by atoms with Gasteiger partial charge in [-0.15, -0.1) is 0 Å². The maximum atomic E-state index is 5.59. The van der Waals surface area contributed by atoms with Crippen LogP contribution < -0.4 is 19.5 Å². The first-order valence-electron chi connectivity index (χ1n) is 6.97. The van der Waals surface area contributed by atoms with Gasteiger partial charge in [-0.2, -0.15) is 0 Å². The third-order valence-electron chi connectivity index (χ3n) is 3.18. The van der Waals surface area contributed by atoms with Crippen molar-refractivity contribution in [3.63, 3.8) is 0 Å². The highest BCUT2D eigenvalue weighted by Crippen LogP contribution is 2.38. The lowest BCUT2D eigenvalue weighted by atomic mass is 10.1. The van der Waals surface area contributed by atoms with Crippen molar-refractivity contribution in [2.45, 2.75) is 32.4 Å². The first-order valence-corrected chi connectivity index (χ1v) is 6.97. The summed E-state index contributed by atoms with van der Waals surface area (Å²) in [5.41, 5.74) is 1.12. The van der Waals surface area contributed by atoms with E-state index in [1.54, 1.807) is 14.2 Å². The molecule has 1 N–H and O–H groups in total. The molecule has 0 amide bonds. The van der Waals surface area contributed by atoms with Crippen molar-refractivity contribution < 1.29 is 18.9 Å². The Hall–Kier alpha value is -1.46. The quantitative estimate of drug-likeness (QED) is 0.556. The molecule has 1 aliphatic rings. The van der Waals surface area contributed by atoms with Crippen LogP contribution in [0.1, 0.15) is 25.3 Å². The lowest BCUT2D eigenvalue weighted by Gasteiger charge is -2.16. The molecule has 0 saturated heterocycles. The van der Waals surface area contributed by atoms with Gasteiger partial charge in [0.25, 0.3) is 0 Å². The number of ether oxygens (including phenoxy) is 4. The summed E-state index contributed by atoms with van der Waals surface area (Å²) < 4.78 is 21.6. The minimum absolute atomic E-state index is 0.183. The summed E-state index contributed by atoms with van der Waals surface area (Å²) in [5.74, 6) is 1.91. The average molecular weight is 281 g/mol. The molecule has 0 atom stereocenters. The first kappa shape index (κ1) is 14.9. The van der Waals surface area contributed by atoms with Crippen LogP contribution in [0.5, 0.6) is 17.2 Å². The van der Waals surface area contributed by atoms with Gasteiger partial charge in [0, 0.05) is 19.2 Å². The van der Waals surface area contributed by atoms with Crippen LogP contribution in [0, 0.1) is 0 Å². The lowest BCUT2D eigenvalue weighted by molar-refractivity contribution is 0.0193. The number of rotatable bonds is 9. The van der Waals surface area contributed by atoms with E-state index in [1.807, 2.05) is 19.1 Å². The number of benzene rings is 1. The summed E-state index contributed by atoms with van der Waals surface area (Å²) in [6, 6.07) is 4.61. The number of methoxy groups -OCH3 is 2. The molecule has 2 rings (SSSR count). The van der Waals surface area contributed by atoms with E-state index in [1.165, 1.54) is 12.8 Å². The third kappa shape index (κ3) is 4.02. The van der Waals surface area contributed by atoms with Gasteiger partial charge in [0.15, 0.2) is 18.3 Å². The molecular weight excluding hydrogens is 258 g/mol. The standard InChI is InChI=1S/C15H23NO4/c1-4-19-10-20-15-13(17-2)7-11(8-14(15)18-3)9-16-12-5-6-12/h7-8,12,16H,4-6,9-10H2,1-3H3. The van der Waals surface area contributed by atoms with Crippen LogP contribution in [0.25, 0.3) is 0 Å². The van der Waals surface area contributed by atoms with Crippen LogP contribution in [0.15, 0.2) is 12.1 Å². The highest BCUT2D eigenvalue weighted by Gasteiger charge is 2.21. The fourth-order valence-corrected chi connectivity index (χ4v) is 1.91. The molecule has 1 aliphatic carbocycles. The second-order valence-corrected chi connectivity index (χ2v) is 4.74. The van der Waals surface area contributed by atoms with Gasteiger partial charge in [-0.3, -0.25) is 0 Å². The van der Waals surface area contributed by atoms with Gasteiger partial charge in [-0.05, 0) is 37.5 Å². The zero-order chi connectivity index (χ0) is 14.4. The second kappa shape index (κ2) is 7.36.